The normalized spacial score (nSPS) is 21.4. The van der Waals surface area contributed by atoms with Crippen molar-refractivity contribution in [3.63, 3.8) is 0 Å². The first-order valence-corrected chi connectivity index (χ1v) is 6.62. The van der Waals surface area contributed by atoms with Crippen molar-refractivity contribution >= 4 is 17.3 Å². The molecule has 0 spiro atoms. The van der Waals surface area contributed by atoms with Gasteiger partial charge in [0.25, 0.3) is 0 Å². The van der Waals surface area contributed by atoms with Crippen molar-refractivity contribution in [1.82, 2.24) is 4.90 Å². The molecule has 0 saturated carbocycles. The van der Waals surface area contributed by atoms with E-state index in [1.807, 2.05) is 18.2 Å². The third-order valence-corrected chi connectivity index (χ3v) is 3.41. The number of nitrogens with two attached hydrogens (primary N) is 1. The van der Waals surface area contributed by atoms with E-state index in [-0.39, 0.29) is 6.10 Å². The van der Waals surface area contributed by atoms with Crippen LogP contribution in [0.2, 0.25) is 5.02 Å². The van der Waals surface area contributed by atoms with Crippen LogP contribution in [-0.2, 0) is 4.74 Å². The van der Waals surface area contributed by atoms with Crippen LogP contribution in [0, 0.1) is 5.92 Å². The zero-order chi connectivity index (χ0) is 13.1. The second-order valence-corrected chi connectivity index (χ2v) is 5.49. The van der Waals surface area contributed by atoms with Gasteiger partial charge in [-0.05, 0) is 23.6 Å². The smallest absolute Gasteiger partial charge is 0.0952 e. The molecule has 0 aliphatic carbocycles. The Balaban J connectivity index is 2.05. The Labute approximate surface area is 114 Å². The molecule has 2 rings (SSSR count). The van der Waals surface area contributed by atoms with E-state index in [9.17, 15) is 0 Å². The minimum Gasteiger partial charge on any atom is -0.398 e. The van der Waals surface area contributed by atoms with Gasteiger partial charge >= 0.3 is 0 Å². The molecule has 1 aliphatic heterocycles. The number of halogens is 1. The lowest BCUT2D eigenvalue weighted by atomic mass is 10.1. The molecule has 0 amide bonds. The highest BCUT2D eigenvalue weighted by atomic mass is 35.5. The maximum Gasteiger partial charge on any atom is 0.0952 e. The van der Waals surface area contributed by atoms with Gasteiger partial charge in [0.05, 0.1) is 23.4 Å². The maximum absolute atomic E-state index is 6.06. The lowest BCUT2D eigenvalue weighted by Gasteiger charge is -2.34. The number of rotatable bonds is 3. The zero-order valence-electron chi connectivity index (χ0n) is 10.9. The molecule has 1 aliphatic rings. The number of benzene rings is 1. The molecule has 1 aromatic carbocycles. The Bertz CT molecular complexity index is 409. The molecule has 1 atom stereocenters. The van der Waals surface area contributed by atoms with Crippen LogP contribution in [0.3, 0.4) is 0 Å². The van der Waals surface area contributed by atoms with Crippen LogP contribution in [0.4, 0.5) is 5.69 Å². The van der Waals surface area contributed by atoms with Gasteiger partial charge in [-0.2, -0.15) is 0 Å². The van der Waals surface area contributed by atoms with Crippen LogP contribution in [0.5, 0.6) is 0 Å². The molecule has 99 valence electrons. The van der Waals surface area contributed by atoms with E-state index < -0.39 is 0 Å². The number of hydrogen-bond acceptors (Lipinski definition) is 3. The third kappa shape index (κ3) is 3.37. The number of morpholine rings is 1. The average molecular weight is 268 g/mol. The second-order valence-electron chi connectivity index (χ2n) is 5.08. The number of ether oxygens (including phenoxy) is 1. The summed E-state index contributed by atoms with van der Waals surface area (Å²) in [6, 6.07) is 5.75. The second kappa shape index (κ2) is 5.91. The summed E-state index contributed by atoms with van der Waals surface area (Å²) in [5.41, 5.74) is 7.45. The van der Waals surface area contributed by atoms with Crippen molar-refractivity contribution in [1.29, 1.82) is 0 Å². The molecule has 2 N–H and O–H groups in total. The number of nitrogen functional groups attached to an aromatic ring is 1. The fourth-order valence-corrected chi connectivity index (χ4v) is 2.43. The van der Waals surface area contributed by atoms with E-state index in [0.717, 1.165) is 31.8 Å². The summed E-state index contributed by atoms with van der Waals surface area (Å²) in [4.78, 5) is 2.41. The molecular formula is C14H20ClN2O. The van der Waals surface area contributed by atoms with E-state index >= 15 is 0 Å². The minimum atomic E-state index is 0.0937. The summed E-state index contributed by atoms with van der Waals surface area (Å²) in [5, 5.41) is 0.603. The van der Waals surface area contributed by atoms with Crippen LogP contribution in [-0.4, -0.2) is 31.1 Å². The van der Waals surface area contributed by atoms with E-state index in [1.54, 1.807) is 0 Å². The van der Waals surface area contributed by atoms with Gasteiger partial charge in [-0.25, -0.2) is 0 Å². The minimum absolute atomic E-state index is 0.0937. The highest BCUT2D eigenvalue weighted by molar-refractivity contribution is 6.33. The molecule has 1 heterocycles. The Hall–Kier alpha value is -0.770. The molecule has 1 aromatic rings. The van der Waals surface area contributed by atoms with Gasteiger partial charge in [0.1, 0.15) is 0 Å². The predicted molar refractivity (Wildman–Crippen MR) is 75.6 cm³/mol. The first-order chi connectivity index (χ1) is 8.56. The molecule has 3 nitrogen and oxygen atoms in total. The third-order valence-electron chi connectivity index (χ3n) is 3.09. The zero-order valence-corrected chi connectivity index (χ0v) is 11.7. The van der Waals surface area contributed by atoms with Gasteiger partial charge in [0.2, 0.25) is 0 Å². The molecule has 0 aromatic heterocycles. The SMILES string of the molecule is C[C](C)CN1CCO[C@@H](c2ccc(N)c(Cl)c2)C1. The van der Waals surface area contributed by atoms with E-state index in [2.05, 4.69) is 18.7 Å². The van der Waals surface area contributed by atoms with Crippen molar-refractivity contribution < 1.29 is 4.74 Å². The molecule has 0 bridgehead atoms. The maximum atomic E-state index is 6.06. The van der Waals surface area contributed by atoms with Crippen molar-refractivity contribution in [2.75, 3.05) is 32.0 Å². The summed E-state index contributed by atoms with van der Waals surface area (Å²) < 4.78 is 5.82. The first-order valence-electron chi connectivity index (χ1n) is 6.24. The number of hydrogen-bond donors (Lipinski definition) is 1. The molecule has 1 saturated heterocycles. The fraction of sp³-hybridized carbons (Fsp3) is 0.500. The summed E-state index contributed by atoms with van der Waals surface area (Å²) in [6.45, 7) is 8.01. The Kier molecular flexibility index (Phi) is 4.49. The van der Waals surface area contributed by atoms with Gasteiger partial charge in [-0.1, -0.05) is 31.5 Å². The lowest BCUT2D eigenvalue weighted by molar-refractivity contribution is -0.0283. The largest absolute Gasteiger partial charge is 0.398 e. The van der Waals surface area contributed by atoms with Gasteiger partial charge < -0.3 is 10.5 Å². The van der Waals surface area contributed by atoms with Crippen molar-refractivity contribution in [3.8, 4) is 0 Å². The molecule has 18 heavy (non-hydrogen) atoms. The standard InChI is InChI=1S/C14H20ClN2O/c1-10(2)8-17-5-6-18-14(9-17)11-3-4-13(16)12(15)7-11/h3-4,7,14H,5-6,8-9,16H2,1-2H3/t14-/m1/s1. The highest BCUT2D eigenvalue weighted by Crippen LogP contribution is 2.28. The lowest BCUT2D eigenvalue weighted by Crippen LogP contribution is -2.39. The van der Waals surface area contributed by atoms with E-state index in [4.69, 9.17) is 22.1 Å². The summed E-state index contributed by atoms with van der Waals surface area (Å²) in [7, 11) is 0. The topological polar surface area (TPSA) is 38.5 Å². The van der Waals surface area contributed by atoms with Gasteiger partial charge in [0, 0.05) is 19.6 Å². The van der Waals surface area contributed by atoms with Crippen molar-refractivity contribution in [2.45, 2.75) is 20.0 Å². The van der Waals surface area contributed by atoms with Crippen molar-refractivity contribution in [2.24, 2.45) is 0 Å². The van der Waals surface area contributed by atoms with Crippen LogP contribution in [0.1, 0.15) is 25.5 Å². The molecule has 1 fully saturated rings. The van der Waals surface area contributed by atoms with Gasteiger partial charge in [-0.15, -0.1) is 0 Å². The molecule has 4 heteroatoms. The van der Waals surface area contributed by atoms with Crippen LogP contribution >= 0.6 is 11.6 Å². The van der Waals surface area contributed by atoms with Crippen LogP contribution in [0.25, 0.3) is 0 Å². The van der Waals surface area contributed by atoms with Gasteiger partial charge in [0.15, 0.2) is 0 Å². The molecule has 0 unspecified atom stereocenters. The fourth-order valence-electron chi connectivity index (χ4n) is 2.24. The first kappa shape index (κ1) is 13.7. The number of anilines is 1. The summed E-state index contributed by atoms with van der Waals surface area (Å²) in [5.74, 6) is 1.42. The van der Waals surface area contributed by atoms with E-state index in [0.29, 0.717) is 10.7 Å². The molecular weight excluding hydrogens is 248 g/mol. The Morgan fingerprint density at radius 3 is 2.94 bits per heavy atom. The number of nitrogens with zero attached hydrogens (tertiary/aromatic N) is 1. The van der Waals surface area contributed by atoms with Crippen LogP contribution < -0.4 is 5.73 Å². The average Bonchev–Trinajstić information content (AvgIpc) is 2.32. The monoisotopic (exact) mass is 267 g/mol. The predicted octanol–water partition coefficient (Wildman–Crippen LogP) is 2.91. The van der Waals surface area contributed by atoms with Crippen molar-refractivity contribution in [3.05, 3.63) is 34.7 Å². The summed E-state index contributed by atoms with van der Waals surface area (Å²) >= 11 is 6.06. The summed E-state index contributed by atoms with van der Waals surface area (Å²) in [6.07, 6.45) is 0.0937. The molecule has 1 radical (unpaired) electrons. The Morgan fingerprint density at radius 2 is 2.28 bits per heavy atom. The Morgan fingerprint density at radius 1 is 1.50 bits per heavy atom. The van der Waals surface area contributed by atoms with Gasteiger partial charge in [-0.3, -0.25) is 4.90 Å². The quantitative estimate of drug-likeness (QED) is 0.856. The van der Waals surface area contributed by atoms with Crippen LogP contribution in [0.15, 0.2) is 18.2 Å². The highest BCUT2D eigenvalue weighted by Gasteiger charge is 2.22. The van der Waals surface area contributed by atoms with E-state index in [1.165, 1.54) is 5.92 Å².